The van der Waals surface area contributed by atoms with Crippen LogP contribution in [0, 0.1) is 0 Å². The van der Waals surface area contributed by atoms with E-state index in [1.165, 1.54) is 0 Å². The van der Waals surface area contributed by atoms with E-state index in [1.807, 2.05) is 34.6 Å². The van der Waals surface area contributed by atoms with E-state index in [1.54, 1.807) is 37.5 Å². The molecule has 0 spiro atoms. The van der Waals surface area contributed by atoms with Crippen molar-refractivity contribution in [2.24, 2.45) is 0 Å². The molecule has 0 heterocycles. The van der Waals surface area contributed by atoms with Crippen molar-refractivity contribution in [1.82, 2.24) is 0 Å². The maximum Gasteiger partial charge on any atom is 0.0693 e. The van der Waals surface area contributed by atoms with Crippen LogP contribution in [0.25, 0.3) is 0 Å². The Bertz CT molecular complexity index is 215. The average Bonchev–Trinajstić information content (AvgIpc) is 3.04. The van der Waals surface area contributed by atoms with E-state index in [0.717, 1.165) is 0 Å². The van der Waals surface area contributed by atoms with Crippen LogP contribution in [0.5, 0.6) is 0 Å². The molecule has 0 aromatic heterocycles. The molecule has 0 aromatic rings. The van der Waals surface area contributed by atoms with Gasteiger partial charge in [0.25, 0.3) is 0 Å². The number of aliphatic hydroxyl groups excluding tert-OH is 3. The summed E-state index contributed by atoms with van der Waals surface area (Å²) in [6, 6.07) is 0. The molecule has 0 bridgehead atoms. The minimum Gasteiger partial charge on any atom is -0.394 e. The van der Waals surface area contributed by atoms with Crippen LogP contribution in [0.1, 0.15) is 34.6 Å². The molecule has 0 unspecified atom stereocenters. The van der Waals surface area contributed by atoms with Gasteiger partial charge < -0.3 is 20.1 Å². The lowest BCUT2D eigenvalue weighted by Gasteiger charge is -1.84. The molecule has 4 nitrogen and oxygen atoms in total. The minimum atomic E-state index is -0.125. The third kappa shape index (κ3) is 132000. The number of allylic oxidation sites excluding steroid dienone is 5. The van der Waals surface area contributed by atoms with Crippen LogP contribution in [0.15, 0.2) is 169 Å². The van der Waals surface area contributed by atoms with Crippen LogP contribution in [0.2, 0.25) is 0 Å². The highest BCUT2D eigenvalue weighted by Gasteiger charge is 1.67. The van der Waals surface area contributed by atoms with E-state index in [2.05, 4.69) is 143 Å². The second-order valence-electron chi connectivity index (χ2n) is 3.20. The first-order valence-electron chi connectivity index (χ1n) is 11.6. The Balaban J connectivity index is -0.0000000130. The predicted octanol–water partition coefficient (Wildman–Crippen LogP) is 11.0. The normalized spacial score (nSPS) is 4.22. The summed E-state index contributed by atoms with van der Waals surface area (Å²) in [5.74, 6) is 0. The molecular formula is C36H76O4. The summed E-state index contributed by atoms with van der Waals surface area (Å²) in [5, 5.41) is 23.2. The van der Waals surface area contributed by atoms with Gasteiger partial charge in [-0.2, -0.15) is 0 Å². The first kappa shape index (κ1) is 99.5. The largest absolute Gasteiger partial charge is 0.394 e. The fourth-order valence-corrected chi connectivity index (χ4v) is 0.0913. The summed E-state index contributed by atoms with van der Waals surface area (Å²) < 4.78 is 4.44. The summed E-state index contributed by atoms with van der Waals surface area (Å²) in [7, 11) is 1.55. The topological polar surface area (TPSA) is 69.9 Å². The zero-order valence-electron chi connectivity index (χ0n) is 28.3. The lowest BCUT2D eigenvalue weighted by molar-refractivity contribution is 0.135. The van der Waals surface area contributed by atoms with Gasteiger partial charge in [0.05, 0.1) is 26.4 Å². The summed E-state index contributed by atoms with van der Waals surface area (Å²) in [6.07, 6.45) is 8.75. The molecule has 0 saturated heterocycles. The number of hydrogen-bond acceptors (Lipinski definition) is 4. The van der Waals surface area contributed by atoms with E-state index in [4.69, 9.17) is 15.3 Å². The van der Waals surface area contributed by atoms with Crippen molar-refractivity contribution in [2.75, 3.05) is 33.5 Å². The Morgan fingerprint density at radius 2 is 0.475 bits per heavy atom. The molecule has 0 saturated carbocycles. The second kappa shape index (κ2) is 1010. The molecule has 0 fully saturated rings. The lowest BCUT2D eigenvalue weighted by Crippen LogP contribution is -1.91. The highest BCUT2D eigenvalue weighted by atomic mass is 16.5. The number of ether oxygens (including phenoxy) is 1. The molecule has 4 heteroatoms. The fourth-order valence-electron chi connectivity index (χ4n) is 0.0913. The zero-order chi connectivity index (χ0) is 37.1. The molecule has 0 rings (SSSR count). The molecular weight excluding hydrogens is 496 g/mol. The standard InChI is InChI=1S/C3H8O2.5C3H6.C2H6O2.8C2H4/c1-5-3-2-4;5*1-3-2;3-1-2-4;8*1-2/h4H,2-3H2,1H3;5*3H,1H2,2H3;3-4H,1-2H2;8*1-2H2. The van der Waals surface area contributed by atoms with Crippen LogP contribution in [0.3, 0.4) is 0 Å². The van der Waals surface area contributed by atoms with Crippen LogP contribution >= 0.6 is 0 Å². The molecule has 0 aliphatic heterocycles. The number of rotatable bonds is 3. The Morgan fingerprint density at radius 3 is 0.475 bits per heavy atom. The average molecular weight is 573 g/mol. The van der Waals surface area contributed by atoms with Crippen LogP contribution in [0.4, 0.5) is 0 Å². The predicted molar refractivity (Wildman–Crippen MR) is 203 cm³/mol. The first-order valence-corrected chi connectivity index (χ1v) is 11.6. The molecule has 0 amide bonds. The van der Waals surface area contributed by atoms with Crippen molar-refractivity contribution in [1.29, 1.82) is 0 Å². The van der Waals surface area contributed by atoms with Crippen molar-refractivity contribution in [2.45, 2.75) is 34.6 Å². The molecule has 244 valence electrons. The van der Waals surface area contributed by atoms with Gasteiger partial charge in [-0.1, -0.05) is 30.4 Å². The van der Waals surface area contributed by atoms with Gasteiger partial charge in [-0.25, -0.2) is 0 Å². The summed E-state index contributed by atoms with van der Waals surface area (Å²) in [6.45, 7) is 74.6. The minimum absolute atomic E-state index is 0.122. The van der Waals surface area contributed by atoms with Crippen molar-refractivity contribution < 1.29 is 20.1 Å². The van der Waals surface area contributed by atoms with Crippen molar-refractivity contribution in [3.8, 4) is 0 Å². The molecule has 3 N–H and O–H groups in total. The third-order valence-electron chi connectivity index (χ3n) is 0.395. The zero-order valence-corrected chi connectivity index (χ0v) is 28.3. The Kier molecular flexibility index (Phi) is 2510. The maximum absolute atomic E-state index is 7.94. The van der Waals surface area contributed by atoms with E-state index in [9.17, 15) is 0 Å². The van der Waals surface area contributed by atoms with E-state index >= 15 is 0 Å². The van der Waals surface area contributed by atoms with Gasteiger partial charge in [0.2, 0.25) is 0 Å². The molecule has 40 heavy (non-hydrogen) atoms. The second-order valence-corrected chi connectivity index (χ2v) is 3.20. The highest BCUT2D eigenvalue weighted by Crippen LogP contribution is 1.56. The Hall–Kier alpha value is -3.54. The van der Waals surface area contributed by atoms with Gasteiger partial charge in [-0.15, -0.1) is 138 Å². The van der Waals surface area contributed by atoms with E-state index in [0.29, 0.717) is 6.61 Å². The molecule has 0 atom stereocenters. The lowest BCUT2D eigenvalue weighted by atomic mass is 10.8. The summed E-state index contributed by atoms with van der Waals surface area (Å²) in [4.78, 5) is 0. The van der Waals surface area contributed by atoms with Gasteiger partial charge in [-0.3, -0.25) is 0 Å². The van der Waals surface area contributed by atoms with Crippen LogP contribution in [-0.4, -0.2) is 48.9 Å². The van der Waals surface area contributed by atoms with Crippen molar-refractivity contribution in [3.05, 3.63) is 169 Å². The van der Waals surface area contributed by atoms with Gasteiger partial charge in [0, 0.05) is 7.11 Å². The van der Waals surface area contributed by atoms with Gasteiger partial charge >= 0.3 is 0 Å². The van der Waals surface area contributed by atoms with E-state index < -0.39 is 0 Å². The highest BCUT2D eigenvalue weighted by molar-refractivity contribution is 4.52. The van der Waals surface area contributed by atoms with Gasteiger partial charge in [0.1, 0.15) is 0 Å². The molecule has 0 aromatic carbocycles. The smallest absolute Gasteiger partial charge is 0.0693 e. The molecule has 0 aliphatic rings. The quantitative estimate of drug-likeness (QED) is 0.294. The number of hydrogen-bond donors (Lipinski definition) is 3. The fraction of sp³-hybridized carbons (Fsp3) is 0.278. The van der Waals surface area contributed by atoms with Crippen LogP contribution < -0.4 is 0 Å². The van der Waals surface area contributed by atoms with Crippen molar-refractivity contribution >= 4 is 0 Å². The SMILES string of the molecule is C=C.C=C.C=C.C=C.C=C.C=C.C=C.C=C.C=CC.C=CC.C=CC.C=CC.C=CC.COCCO.OCCO. The van der Waals surface area contributed by atoms with Gasteiger partial charge in [-0.05, 0) is 34.6 Å². The van der Waals surface area contributed by atoms with Crippen molar-refractivity contribution in [3.63, 3.8) is 0 Å². The first-order chi connectivity index (χ1) is 19.4. The summed E-state index contributed by atoms with van der Waals surface area (Å²) >= 11 is 0. The number of aliphatic hydroxyl groups is 3. The third-order valence-corrected chi connectivity index (χ3v) is 0.395. The molecule has 0 aliphatic carbocycles. The maximum atomic E-state index is 7.94. The molecule has 0 radical (unpaired) electrons. The van der Waals surface area contributed by atoms with E-state index in [-0.39, 0.29) is 19.8 Å². The Morgan fingerprint density at radius 1 is 0.375 bits per heavy atom. The summed E-state index contributed by atoms with van der Waals surface area (Å²) in [5.41, 5.74) is 0. The monoisotopic (exact) mass is 573 g/mol. The van der Waals surface area contributed by atoms with Gasteiger partial charge in [0.15, 0.2) is 0 Å². The number of methoxy groups -OCH3 is 1. The van der Waals surface area contributed by atoms with Crippen LogP contribution in [-0.2, 0) is 4.74 Å². The Labute approximate surface area is 256 Å².